The van der Waals surface area contributed by atoms with Crippen LogP contribution in [0.15, 0.2) is 122 Å². The number of hydrogen-bond acceptors (Lipinski definition) is 6. The molecule has 2 saturated heterocycles. The zero-order valence-electron chi connectivity index (χ0n) is 26.9. The van der Waals surface area contributed by atoms with Crippen LogP contribution in [0.5, 0.6) is 11.5 Å². The third kappa shape index (κ3) is 8.63. The number of ether oxygens (including phenoxy) is 2. The Hall–Kier alpha value is -4.20. The third-order valence-corrected chi connectivity index (χ3v) is 8.81. The van der Waals surface area contributed by atoms with Gasteiger partial charge in [0.15, 0.2) is 0 Å². The normalized spacial score (nSPS) is 15.0. The van der Waals surface area contributed by atoms with Crippen molar-refractivity contribution in [1.82, 2.24) is 20.6 Å². The molecule has 2 aliphatic rings. The first-order chi connectivity index (χ1) is 22.8. The van der Waals surface area contributed by atoms with Gasteiger partial charge < -0.3 is 20.1 Å². The molecule has 48 heavy (non-hydrogen) atoms. The SMILES string of the molecule is Cl.Cl.c1ccc(-c2cc3ccncc3cc2OC2CCNCC2)cc1.c1ccc(-c2cc3ccncc3cc2OC2CCNCC2)cc1. The summed E-state index contributed by atoms with van der Waals surface area (Å²) in [4.78, 5) is 8.48. The summed E-state index contributed by atoms with van der Waals surface area (Å²) in [6.45, 7) is 4.11. The van der Waals surface area contributed by atoms with Gasteiger partial charge in [0, 0.05) is 46.7 Å². The molecule has 6 nitrogen and oxygen atoms in total. The summed E-state index contributed by atoms with van der Waals surface area (Å²) in [6, 6.07) is 33.7. The van der Waals surface area contributed by atoms with Crippen LogP contribution in [0, 0.1) is 0 Å². The zero-order chi connectivity index (χ0) is 31.0. The number of benzene rings is 4. The van der Waals surface area contributed by atoms with Crippen LogP contribution >= 0.6 is 24.8 Å². The molecule has 0 aliphatic carbocycles. The predicted molar refractivity (Wildman–Crippen MR) is 202 cm³/mol. The Morgan fingerprint density at radius 1 is 0.479 bits per heavy atom. The van der Waals surface area contributed by atoms with Crippen molar-refractivity contribution in [3.8, 4) is 33.8 Å². The quantitative estimate of drug-likeness (QED) is 0.183. The van der Waals surface area contributed by atoms with Gasteiger partial charge in [-0.2, -0.15) is 0 Å². The predicted octanol–water partition coefficient (Wildman–Crippen LogP) is 8.91. The molecule has 2 aromatic heterocycles. The van der Waals surface area contributed by atoms with Crippen molar-refractivity contribution < 1.29 is 9.47 Å². The summed E-state index contributed by atoms with van der Waals surface area (Å²) >= 11 is 0. The Labute approximate surface area is 295 Å². The number of halogens is 2. The zero-order valence-corrected chi connectivity index (χ0v) is 28.5. The van der Waals surface area contributed by atoms with E-state index in [-0.39, 0.29) is 37.0 Å². The van der Waals surface area contributed by atoms with Gasteiger partial charge in [0.2, 0.25) is 0 Å². The molecule has 0 spiro atoms. The van der Waals surface area contributed by atoms with Gasteiger partial charge in [0.1, 0.15) is 23.7 Å². The fourth-order valence-corrected chi connectivity index (χ4v) is 6.30. The number of hydrogen-bond donors (Lipinski definition) is 2. The number of nitrogens with one attached hydrogen (secondary N) is 2. The lowest BCUT2D eigenvalue weighted by molar-refractivity contribution is 0.163. The molecule has 0 saturated carbocycles. The summed E-state index contributed by atoms with van der Waals surface area (Å²) in [5, 5.41) is 11.4. The molecule has 248 valence electrons. The molecule has 8 heteroatoms. The van der Waals surface area contributed by atoms with E-state index in [1.54, 1.807) is 0 Å². The number of fused-ring (bicyclic) bond motifs is 2. The minimum atomic E-state index is 0. The Kier molecular flexibility index (Phi) is 12.6. The van der Waals surface area contributed by atoms with Crippen molar-refractivity contribution in [1.29, 1.82) is 0 Å². The standard InChI is InChI=1S/2C20H20N2O.2ClH/c2*1-2-4-15(5-3-1)19-12-16-6-9-22-14-17(16)13-20(19)23-18-7-10-21-11-8-18;;/h2*1-6,9,12-14,18,21H,7-8,10-11H2;2*1H. The van der Waals surface area contributed by atoms with Gasteiger partial charge in [-0.1, -0.05) is 60.7 Å². The van der Waals surface area contributed by atoms with Crippen molar-refractivity contribution in [3.63, 3.8) is 0 Å². The van der Waals surface area contributed by atoms with Crippen molar-refractivity contribution in [2.75, 3.05) is 26.2 Å². The molecule has 8 rings (SSSR count). The van der Waals surface area contributed by atoms with E-state index in [9.17, 15) is 0 Å². The van der Waals surface area contributed by atoms with Crippen LogP contribution in [-0.2, 0) is 0 Å². The number of piperidine rings is 2. The van der Waals surface area contributed by atoms with Crippen molar-refractivity contribution in [2.45, 2.75) is 37.9 Å². The molecule has 0 atom stereocenters. The molecule has 2 fully saturated rings. The van der Waals surface area contributed by atoms with Crippen LogP contribution in [0.2, 0.25) is 0 Å². The molecular formula is C40H42Cl2N4O2. The lowest BCUT2D eigenvalue weighted by Gasteiger charge is -2.25. The average molecular weight is 682 g/mol. The minimum absolute atomic E-state index is 0. The van der Waals surface area contributed by atoms with Gasteiger partial charge in [-0.15, -0.1) is 24.8 Å². The highest BCUT2D eigenvalue weighted by Gasteiger charge is 2.19. The Morgan fingerprint density at radius 3 is 1.27 bits per heavy atom. The fraction of sp³-hybridized carbons (Fsp3) is 0.250. The summed E-state index contributed by atoms with van der Waals surface area (Å²) in [6.07, 6.45) is 12.3. The lowest BCUT2D eigenvalue weighted by Crippen LogP contribution is -2.34. The number of nitrogens with zero attached hydrogens (tertiary/aromatic N) is 2. The molecule has 2 N–H and O–H groups in total. The number of pyridine rings is 2. The van der Waals surface area contributed by atoms with Crippen molar-refractivity contribution in [2.24, 2.45) is 0 Å². The lowest BCUT2D eigenvalue weighted by atomic mass is 10.0. The molecule has 0 bridgehead atoms. The highest BCUT2D eigenvalue weighted by molar-refractivity contribution is 5.91. The van der Waals surface area contributed by atoms with E-state index in [0.717, 1.165) is 85.3 Å². The van der Waals surface area contributed by atoms with E-state index in [0.29, 0.717) is 0 Å². The summed E-state index contributed by atoms with van der Waals surface area (Å²) in [5.74, 6) is 1.92. The monoisotopic (exact) mass is 680 g/mol. The molecule has 4 heterocycles. The average Bonchev–Trinajstić information content (AvgIpc) is 3.13. The van der Waals surface area contributed by atoms with E-state index < -0.39 is 0 Å². The first kappa shape index (κ1) is 35.1. The second-order valence-electron chi connectivity index (χ2n) is 12.0. The highest BCUT2D eigenvalue weighted by atomic mass is 35.5. The highest BCUT2D eigenvalue weighted by Crippen LogP contribution is 2.36. The first-order valence-corrected chi connectivity index (χ1v) is 16.4. The van der Waals surface area contributed by atoms with E-state index in [1.165, 1.54) is 21.9 Å². The van der Waals surface area contributed by atoms with E-state index >= 15 is 0 Å². The third-order valence-electron chi connectivity index (χ3n) is 8.81. The van der Waals surface area contributed by atoms with Crippen LogP contribution in [0.1, 0.15) is 25.7 Å². The molecule has 0 radical (unpaired) electrons. The maximum atomic E-state index is 6.38. The van der Waals surface area contributed by atoms with Crippen molar-refractivity contribution >= 4 is 46.4 Å². The van der Waals surface area contributed by atoms with Gasteiger partial charge in [-0.25, -0.2) is 0 Å². The fourth-order valence-electron chi connectivity index (χ4n) is 6.30. The molecule has 2 aliphatic heterocycles. The molecule has 0 amide bonds. The summed E-state index contributed by atoms with van der Waals surface area (Å²) < 4.78 is 12.8. The Morgan fingerprint density at radius 2 is 0.875 bits per heavy atom. The van der Waals surface area contributed by atoms with Gasteiger partial charge >= 0.3 is 0 Å². The Bertz CT molecular complexity index is 1740. The van der Waals surface area contributed by atoms with E-state index in [1.807, 2.05) is 36.9 Å². The maximum Gasteiger partial charge on any atom is 0.128 e. The summed E-state index contributed by atoms with van der Waals surface area (Å²) in [7, 11) is 0. The maximum absolute atomic E-state index is 6.38. The largest absolute Gasteiger partial charge is 0.490 e. The van der Waals surface area contributed by atoms with Gasteiger partial charge in [0.05, 0.1) is 0 Å². The van der Waals surface area contributed by atoms with Gasteiger partial charge in [-0.3, -0.25) is 9.97 Å². The number of aromatic nitrogens is 2. The van der Waals surface area contributed by atoms with Crippen LogP contribution in [0.25, 0.3) is 43.8 Å². The summed E-state index contributed by atoms with van der Waals surface area (Å²) in [5.41, 5.74) is 4.69. The smallest absolute Gasteiger partial charge is 0.128 e. The minimum Gasteiger partial charge on any atom is -0.490 e. The van der Waals surface area contributed by atoms with Gasteiger partial charge in [0.25, 0.3) is 0 Å². The topological polar surface area (TPSA) is 68.3 Å². The molecule has 6 aromatic rings. The molecule has 0 unspecified atom stereocenters. The van der Waals surface area contributed by atoms with Crippen LogP contribution in [0.4, 0.5) is 0 Å². The van der Waals surface area contributed by atoms with Crippen molar-refractivity contribution in [3.05, 3.63) is 122 Å². The van der Waals surface area contributed by atoms with E-state index in [4.69, 9.17) is 9.47 Å². The second kappa shape index (κ2) is 17.3. The first-order valence-electron chi connectivity index (χ1n) is 16.4. The molecule has 4 aromatic carbocycles. The Balaban J connectivity index is 0.000000180. The van der Waals surface area contributed by atoms with E-state index in [2.05, 4.69) is 106 Å². The second-order valence-corrected chi connectivity index (χ2v) is 12.0. The number of rotatable bonds is 6. The van der Waals surface area contributed by atoms with Crippen LogP contribution < -0.4 is 20.1 Å². The van der Waals surface area contributed by atoms with Crippen LogP contribution in [-0.4, -0.2) is 48.4 Å². The van der Waals surface area contributed by atoms with Gasteiger partial charge in [-0.05, 0) is 110 Å². The molecular weight excluding hydrogens is 639 g/mol. The van der Waals surface area contributed by atoms with Crippen LogP contribution in [0.3, 0.4) is 0 Å².